The number of nitrogens with zero attached hydrogens (tertiary/aromatic N) is 1. The van der Waals surface area contributed by atoms with E-state index in [1.807, 2.05) is 0 Å². The van der Waals surface area contributed by atoms with Crippen LogP contribution in [0.4, 0.5) is 0 Å². The second-order valence-electron chi connectivity index (χ2n) is 7.02. The van der Waals surface area contributed by atoms with E-state index >= 15 is 0 Å². The summed E-state index contributed by atoms with van der Waals surface area (Å²) >= 11 is 6.09. The predicted molar refractivity (Wildman–Crippen MR) is 98.7 cm³/mol. The van der Waals surface area contributed by atoms with Gasteiger partial charge in [-0.3, -0.25) is 4.79 Å². The van der Waals surface area contributed by atoms with Crippen molar-refractivity contribution in [3.8, 4) is 5.75 Å². The van der Waals surface area contributed by atoms with Crippen molar-refractivity contribution < 1.29 is 22.1 Å². The van der Waals surface area contributed by atoms with Crippen LogP contribution in [0, 0.1) is 5.92 Å². The third kappa shape index (κ3) is 5.11. The summed E-state index contributed by atoms with van der Waals surface area (Å²) in [5, 5.41) is 0.467. The van der Waals surface area contributed by atoms with Crippen LogP contribution in [0.2, 0.25) is 5.02 Å². The third-order valence-corrected chi connectivity index (χ3v) is 5.56. The van der Waals surface area contributed by atoms with Gasteiger partial charge in [0.1, 0.15) is 5.75 Å². The summed E-state index contributed by atoms with van der Waals surface area (Å²) in [6.45, 7) is 1.47. The summed E-state index contributed by atoms with van der Waals surface area (Å²) < 4.78 is 33.9. The molecule has 0 radical (unpaired) electrons. The molecule has 1 saturated carbocycles. The zero-order valence-electron chi connectivity index (χ0n) is 14.8. The number of benzene rings is 1. The molecule has 2 fully saturated rings. The average Bonchev–Trinajstić information content (AvgIpc) is 2.99. The van der Waals surface area contributed by atoms with Crippen LogP contribution in [0.3, 0.4) is 0 Å². The van der Waals surface area contributed by atoms with Crippen molar-refractivity contribution in [2.45, 2.75) is 44.8 Å². The fourth-order valence-electron chi connectivity index (χ4n) is 3.30. The van der Waals surface area contributed by atoms with E-state index in [2.05, 4.69) is 0 Å². The topological polar surface area (TPSA) is 72.9 Å². The maximum absolute atomic E-state index is 12.9. The van der Waals surface area contributed by atoms with E-state index in [1.165, 1.54) is 6.07 Å². The van der Waals surface area contributed by atoms with Crippen molar-refractivity contribution in [2.24, 2.45) is 5.92 Å². The van der Waals surface area contributed by atoms with Crippen LogP contribution in [0.1, 0.15) is 37.7 Å². The molecular formula is C18H24ClNO5S. The Hall–Kier alpha value is -1.31. The van der Waals surface area contributed by atoms with Crippen molar-refractivity contribution in [1.29, 1.82) is 0 Å². The van der Waals surface area contributed by atoms with Crippen LogP contribution in [-0.4, -0.2) is 44.7 Å². The summed E-state index contributed by atoms with van der Waals surface area (Å²) in [6, 6.07) is 4.75. The molecule has 1 aromatic carbocycles. The molecular weight excluding hydrogens is 378 g/mol. The third-order valence-electron chi connectivity index (χ3n) is 4.84. The van der Waals surface area contributed by atoms with E-state index < -0.39 is 10.1 Å². The second-order valence-corrected chi connectivity index (χ2v) is 9.03. The highest BCUT2D eigenvalue weighted by Crippen LogP contribution is 2.31. The summed E-state index contributed by atoms with van der Waals surface area (Å²) in [6.07, 6.45) is 5.83. The predicted octanol–water partition coefficient (Wildman–Crippen LogP) is 2.99. The lowest BCUT2D eigenvalue weighted by atomic mass is 9.84. The Morgan fingerprint density at radius 2 is 2.08 bits per heavy atom. The summed E-state index contributed by atoms with van der Waals surface area (Å²) in [7, 11) is -3.67. The van der Waals surface area contributed by atoms with Crippen LogP contribution < -0.4 is 4.18 Å². The summed E-state index contributed by atoms with van der Waals surface area (Å²) in [5.41, 5.74) is 0.577. The normalized spacial score (nSPS) is 20.6. The minimum Gasteiger partial charge on any atom is -0.382 e. The van der Waals surface area contributed by atoms with Gasteiger partial charge in [0, 0.05) is 36.2 Å². The van der Waals surface area contributed by atoms with Gasteiger partial charge < -0.3 is 13.8 Å². The molecule has 1 aromatic rings. The number of carbonyl (C=O) groups is 1. The lowest BCUT2D eigenvalue weighted by Gasteiger charge is -2.33. The average molecular weight is 402 g/mol. The largest absolute Gasteiger partial charge is 0.382 e. The smallest absolute Gasteiger partial charge is 0.306 e. The number of ether oxygens (including phenoxy) is 1. The molecule has 0 aromatic heterocycles. The minimum absolute atomic E-state index is 0.0255. The maximum Gasteiger partial charge on any atom is 0.306 e. The monoisotopic (exact) mass is 401 g/mol. The summed E-state index contributed by atoms with van der Waals surface area (Å²) in [5.74, 6) is 0.350. The Morgan fingerprint density at radius 1 is 1.31 bits per heavy atom. The van der Waals surface area contributed by atoms with Crippen LogP contribution in [0.15, 0.2) is 18.2 Å². The molecule has 26 heavy (non-hydrogen) atoms. The number of carbonyl (C=O) groups excluding carboxylic acids is 1. The first kappa shape index (κ1) is 19.5. The molecule has 2 aliphatic rings. The minimum atomic E-state index is -3.67. The highest BCUT2D eigenvalue weighted by Gasteiger charge is 2.32. The molecule has 144 valence electrons. The molecule has 0 bridgehead atoms. The van der Waals surface area contributed by atoms with E-state index in [0.29, 0.717) is 17.1 Å². The lowest BCUT2D eigenvalue weighted by Crippen LogP contribution is -2.42. The number of amides is 1. The molecule has 0 N–H and O–H groups in total. The first-order valence-corrected chi connectivity index (χ1v) is 11.1. The van der Waals surface area contributed by atoms with Crippen LogP contribution in [-0.2, 0) is 26.2 Å². The lowest BCUT2D eigenvalue weighted by molar-refractivity contribution is -0.140. The molecule has 1 amide bonds. The van der Waals surface area contributed by atoms with Crippen LogP contribution in [0.25, 0.3) is 0 Å². The quantitative estimate of drug-likeness (QED) is 0.657. The molecule has 1 aliphatic heterocycles. The molecule has 1 heterocycles. The zero-order chi connectivity index (χ0) is 18.7. The number of halogens is 1. The van der Waals surface area contributed by atoms with Gasteiger partial charge in [0.25, 0.3) is 0 Å². The molecule has 8 heteroatoms. The van der Waals surface area contributed by atoms with Crippen molar-refractivity contribution in [3.05, 3.63) is 28.8 Å². The van der Waals surface area contributed by atoms with E-state index in [4.69, 9.17) is 20.5 Å². The Balaban J connectivity index is 1.82. The van der Waals surface area contributed by atoms with Crippen molar-refractivity contribution in [3.63, 3.8) is 0 Å². The van der Waals surface area contributed by atoms with Gasteiger partial charge in [-0.25, -0.2) is 0 Å². The summed E-state index contributed by atoms with van der Waals surface area (Å²) in [4.78, 5) is 14.6. The molecule has 1 aliphatic carbocycles. The Bertz CT molecular complexity index is 757. The van der Waals surface area contributed by atoms with Gasteiger partial charge in [-0.2, -0.15) is 8.42 Å². The zero-order valence-corrected chi connectivity index (χ0v) is 16.4. The van der Waals surface area contributed by atoms with E-state index in [-0.39, 0.29) is 30.2 Å². The second kappa shape index (κ2) is 8.15. The van der Waals surface area contributed by atoms with Gasteiger partial charge in [-0.05, 0) is 43.9 Å². The molecule has 6 nitrogen and oxygen atoms in total. The highest BCUT2D eigenvalue weighted by molar-refractivity contribution is 7.86. The number of hydrogen-bond acceptors (Lipinski definition) is 5. The van der Waals surface area contributed by atoms with Gasteiger partial charge in [0.2, 0.25) is 5.91 Å². The van der Waals surface area contributed by atoms with Crippen molar-refractivity contribution in [1.82, 2.24) is 4.90 Å². The molecule has 3 rings (SSSR count). The fourth-order valence-corrected chi connectivity index (χ4v) is 3.99. The van der Waals surface area contributed by atoms with E-state index in [1.54, 1.807) is 17.0 Å². The fraction of sp³-hybridized carbons (Fsp3) is 0.611. The van der Waals surface area contributed by atoms with Gasteiger partial charge in [0.05, 0.1) is 12.4 Å². The Labute approximate surface area is 159 Å². The standard InChI is InChI=1S/C18H24ClNO5S/c1-26(22,23)25-17-8-7-15(19)10-14(17)11-20(12-16-6-3-9-24-16)18(21)13-4-2-5-13/h7-8,10,13,16H,2-6,9,11-12H2,1H3/t16-/m0/s1. The Kier molecular flexibility index (Phi) is 6.10. The van der Waals surface area contributed by atoms with Gasteiger partial charge in [-0.1, -0.05) is 18.0 Å². The van der Waals surface area contributed by atoms with E-state index in [9.17, 15) is 13.2 Å². The SMILES string of the molecule is CS(=O)(=O)Oc1ccc(Cl)cc1CN(C[C@@H]1CCCO1)C(=O)C1CCC1. The van der Waals surface area contributed by atoms with E-state index in [0.717, 1.165) is 45.0 Å². The van der Waals surface area contributed by atoms with Crippen molar-refractivity contribution in [2.75, 3.05) is 19.4 Å². The molecule has 0 unspecified atom stereocenters. The van der Waals surface area contributed by atoms with Gasteiger partial charge in [-0.15, -0.1) is 0 Å². The molecule has 0 spiro atoms. The Morgan fingerprint density at radius 3 is 2.65 bits per heavy atom. The molecule has 1 saturated heterocycles. The first-order valence-electron chi connectivity index (χ1n) is 8.90. The van der Waals surface area contributed by atoms with Crippen LogP contribution in [0.5, 0.6) is 5.75 Å². The first-order chi connectivity index (χ1) is 12.3. The number of rotatable bonds is 7. The molecule has 1 atom stereocenters. The highest BCUT2D eigenvalue weighted by atomic mass is 35.5. The number of hydrogen-bond donors (Lipinski definition) is 0. The van der Waals surface area contributed by atoms with Crippen LogP contribution >= 0.6 is 11.6 Å². The van der Waals surface area contributed by atoms with Gasteiger partial charge >= 0.3 is 10.1 Å². The van der Waals surface area contributed by atoms with Gasteiger partial charge in [0.15, 0.2) is 0 Å². The van der Waals surface area contributed by atoms with Crippen molar-refractivity contribution >= 4 is 27.6 Å². The maximum atomic E-state index is 12.9.